The zero-order valence-electron chi connectivity index (χ0n) is 15.7. The lowest BCUT2D eigenvalue weighted by molar-refractivity contribution is 0.0779. The lowest BCUT2D eigenvalue weighted by Crippen LogP contribution is -2.32. The van der Waals surface area contributed by atoms with Crippen LogP contribution in [0.2, 0.25) is 0 Å². The van der Waals surface area contributed by atoms with Crippen LogP contribution < -0.4 is 5.32 Å². The number of rotatable bonds is 6. The number of benzene rings is 1. The van der Waals surface area contributed by atoms with Crippen molar-refractivity contribution in [2.45, 2.75) is 25.9 Å². The summed E-state index contributed by atoms with van der Waals surface area (Å²) in [6, 6.07) is 7.72. The molecule has 1 fully saturated rings. The number of carbonyl (C=O) groups is 1. The van der Waals surface area contributed by atoms with Crippen molar-refractivity contribution in [2.75, 3.05) is 20.1 Å². The molecule has 0 aliphatic carbocycles. The molecular formula is C18H23N9O. The first-order chi connectivity index (χ1) is 13.7. The monoisotopic (exact) mass is 381 g/mol. The Morgan fingerprint density at radius 2 is 2.29 bits per heavy atom. The maximum Gasteiger partial charge on any atom is 0.276 e. The molecule has 2 N–H and O–H groups in total. The zero-order valence-corrected chi connectivity index (χ0v) is 15.7. The van der Waals surface area contributed by atoms with E-state index in [0.717, 1.165) is 30.8 Å². The van der Waals surface area contributed by atoms with Crippen LogP contribution in [0.5, 0.6) is 0 Å². The number of H-pyrrole nitrogens is 1. The van der Waals surface area contributed by atoms with Gasteiger partial charge in [-0.2, -0.15) is 5.21 Å². The summed E-state index contributed by atoms with van der Waals surface area (Å²) in [5, 5.41) is 25.6. The molecular weight excluding hydrogens is 358 g/mol. The second kappa shape index (κ2) is 8.26. The maximum absolute atomic E-state index is 12.7. The van der Waals surface area contributed by atoms with Crippen molar-refractivity contribution in [1.29, 1.82) is 0 Å². The number of hydrogen-bond donors (Lipinski definition) is 2. The zero-order chi connectivity index (χ0) is 19.3. The van der Waals surface area contributed by atoms with Crippen molar-refractivity contribution < 1.29 is 4.79 Å². The van der Waals surface area contributed by atoms with Gasteiger partial charge in [0.05, 0.1) is 6.20 Å². The van der Waals surface area contributed by atoms with Gasteiger partial charge < -0.3 is 10.2 Å². The fourth-order valence-corrected chi connectivity index (χ4v) is 3.46. The van der Waals surface area contributed by atoms with Crippen LogP contribution in [0, 0.1) is 5.92 Å². The van der Waals surface area contributed by atoms with Crippen LogP contribution in [0.25, 0.3) is 11.4 Å². The van der Waals surface area contributed by atoms with E-state index in [1.807, 2.05) is 24.3 Å². The number of aromatic amines is 1. The molecule has 4 rings (SSSR count). The van der Waals surface area contributed by atoms with Gasteiger partial charge in [0, 0.05) is 25.7 Å². The summed E-state index contributed by atoms with van der Waals surface area (Å²) >= 11 is 0. The number of carbonyl (C=O) groups excluding carboxylic acids is 1. The van der Waals surface area contributed by atoms with Crippen LogP contribution in [0.3, 0.4) is 0 Å². The number of nitrogens with one attached hydrogen (secondary N) is 2. The largest absolute Gasteiger partial charge is 0.336 e. The first-order valence-electron chi connectivity index (χ1n) is 9.38. The predicted molar refractivity (Wildman–Crippen MR) is 101 cm³/mol. The molecule has 146 valence electrons. The molecule has 0 spiro atoms. The van der Waals surface area contributed by atoms with Crippen LogP contribution >= 0.6 is 0 Å². The number of hydrogen-bond acceptors (Lipinski definition) is 7. The van der Waals surface area contributed by atoms with E-state index in [4.69, 9.17) is 0 Å². The Labute approximate surface area is 162 Å². The minimum Gasteiger partial charge on any atom is -0.336 e. The molecule has 1 aliphatic heterocycles. The lowest BCUT2D eigenvalue weighted by atomic mass is 10.00. The Kier molecular flexibility index (Phi) is 5.38. The Morgan fingerprint density at radius 3 is 3.07 bits per heavy atom. The number of tetrazole rings is 1. The van der Waals surface area contributed by atoms with Crippen molar-refractivity contribution in [3.63, 3.8) is 0 Å². The van der Waals surface area contributed by atoms with Gasteiger partial charge in [-0.3, -0.25) is 9.48 Å². The second-order valence-corrected chi connectivity index (χ2v) is 7.14. The summed E-state index contributed by atoms with van der Waals surface area (Å²) in [5.74, 6) is 0.901. The smallest absolute Gasteiger partial charge is 0.276 e. The fraction of sp³-hybridized carbons (Fsp3) is 0.444. The van der Waals surface area contributed by atoms with Crippen molar-refractivity contribution in [2.24, 2.45) is 5.92 Å². The SMILES string of the molecule is CN(Cc1cccc(-c2nn[nH]n2)c1)C(=O)c1cn(CC2CCCNC2)nn1. The van der Waals surface area contributed by atoms with Gasteiger partial charge >= 0.3 is 0 Å². The Bertz CT molecular complexity index is 915. The summed E-state index contributed by atoms with van der Waals surface area (Å²) in [4.78, 5) is 14.4. The van der Waals surface area contributed by atoms with Gasteiger partial charge in [0.2, 0.25) is 5.82 Å². The van der Waals surface area contributed by atoms with E-state index in [0.29, 0.717) is 24.0 Å². The number of nitrogens with zero attached hydrogens (tertiary/aromatic N) is 7. The van der Waals surface area contributed by atoms with Crippen molar-refractivity contribution in [3.8, 4) is 11.4 Å². The van der Waals surface area contributed by atoms with E-state index in [2.05, 4.69) is 36.3 Å². The average molecular weight is 381 g/mol. The van der Waals surface area contributed by atoms with Crippen LogP contribution in [0.15, 0.2) is 30.5 Å². The molecule has 2 aromatic heterocycles. The molecule has 10 heteroatoms. The van der Waals surface area contributed by atoms with E-state index in [1.165, 1.54) is 12.8 Å². The highest BCUT2D eigenvalue weighted by molar-refractivity contribution is 5.91. The summed E-state index contributed by atoms with van der Waals surface area (Å²) in [7, 11) is 1.76. The first-order valence-corrected chi connectivity index (χ1v) is 9.38. The maximum atomic E-state index is 12.7. The van der Waals surface area contributed by atoms with Gasteiger partial charge in [0.15, 0.2) is 5.69 Å². The standard InChI is InChI=1S/C18H23N9O/c1-26(10-13-4-2-6-15(8-13)17-21-23-24-22-17)18(28)16-12-27(25-20-16)11-14-5-3-7-19-9-14/h2,4,6,8,12,14,19H,3,5,7,9-11H2,1H3,(H,21,22,23,24). The lowest BCUT2D eigenvalue weighted by Gasteiger charge is -2.22. The highest BCUT2D eigenvalue weighted by atomic mass is 16.2. The number of aromatic nitrogens is 7. The van der Waals surface area contributed by atoms with E-state index in [1.54, 1.807) is 22.8 Å². The van der Waals surface area contributed by atoms with Gasteiger partial charge in [-0.1, -0.05) is 23.4 Å². The molecule has 1 unspecified atom stereocenters. The third-order valence-electron chi connectivity index (χ3n) is 4.90. The van der Waals surface area contributed by atoms with Crippen molar-refractivity contribution >= 4 is 5.91 Å². The van der Waals surface area contributed by atoms with Crippen molar-refractivity contribution in [1.82, 2.24) is 45.8 Å². The summed E-state index contributed by atoms with van der Waals surface area (Å²) in [6.07, 6.45) is 4.09. The van der Waals surface area contributed by atoms with E-state index in [-0.39, 0.29) is 5.91 Å². The molecule has 1 atom stereocenters. The van der Waals surface area contributed by atoms with Crippen molar-refractivity contribution in [3.05, 3.63) is 41.7 Å². The predicted octanol–water partition coefficient (Wildman–Crippen LogP) is 0.730. The van der Waals surface area contributed by atoms with E-state index >= 15 is 0 Å². The minimum absolute atomic E-state index is 0.155. The van der Waals surface area contributed by atoms with Crippen LogP contribution in [-0.4, -0.2) is 66.6 Å². The molecule has 1 amide bonds. The summed E-state index contributed by atoms with van der Waals surface area (Å²) in [6.45, 7) is 3.30. The highest BCUT2D eigenvalue weighted by Crippen LogP contribution is 2.17. The molecule has 0 saturated carbocycles. The van der Waals surface area contributed by atoms with E-state index in [9.17, 15) is 4.79 Å². The average Bonchev–Trinajstić information content (AvgIpc) is 3.41. The summed E-state index contributed by atoms with van der Waals surface area (Å²) in [5.41, 5.74) is 2.18. The minimum atomic E-state index is -0.155. The molecule has 10 nitrogen and oxygen atoms in total. The van der Waals surface area contributed by atoms with Crippen LogP contribution in [0.1, 0.15) is 28.9 Å². The Balaban J connectivity index is 1.39. The Morgan fingerprint density at radius 1 is 1.36 bits per heavy atom. The quantitative estimate of drug-likeness (QED) is 0.646. The van der Waals surface area contributed by atoms with Gasteiger partial charge in [-0.25, -0.2) is 0 Å². The van der Waals surface area contributed by atoms with Gasteiger partial charge in [-0.05, 0) is 48.7 Å². The molecule has 1 aliphatic rings. The third kappa shape index (κ3) is 4.22. The molecule has 1 aromatic carbocycles. The topological polar surface area (TPSA) is 118 Å². The molecule has 0 bridgehead atoms. The highest BCUT2D eigenvalue weighted by Gasteiger charge is 2.19. The van der Waals surface area contributed by atoms with Gasteiger partial charge in [0.25, 0.3) is 5.91 Å². The van der Waals surface area contributed by atoms with Gasteiger partial charge in [-0.15, -0.1) is 15.3 Å². The van der Waals surface area contributed by atoms with Crippen LogP contribution in [0.4, 0.5) is 0 Å². The van der Waals surface area contributed by atoms with E-state index < -0.39 is 0 Å². The Hall–Kier alpha value is -3.14. The molecule has 3 aromatic rings. The first kappa shape index (κ1) is 18.2. The fourth-order valence-electron chi connectivity index (χ4n) is 3.46. The molecule has 28 heavy (non-hydrogen) atoms. The second-order valence-electron chi connectivity index (χ2n) is 7.14. The number of amides is 1. The van der Waals surface area contributed by atoms with Gasteiger partial charge in [0.1, 0.15) is 0 Å². The molecule has 0 radical (unpaired) electrons. The molecule has 3 heterocycles. The normalized spacial score (nSPS) is 16.8. The molecule has 1 saturated heterocycles. The van der Waals surface area contributed by atoms with Crippen LogP contribution in [-0.2, 0) is 13.1 Å². The third-order valence-corrected chi connectivity index (χ3v) is 4.90. The number of piperidine rings is 1. The summed E-state index contributed by atoms with van der Waals surface area (Å²) < 4.78 is 1.77.